The van der Waals surface area contributed by atoms with E-state index in [-0.39, 0.29) is 5.76 Å². The first-order valence-electron chi connectivity index (χ1n) is 4.66. The molecule has 0 unspecified atom stereocenters. The highest BCUT2D eigenvalue weighted by atomic mass is 16.6. The van der Waals surface area contributed by atoms with E-state index in [0.717, 1.165) is 6.07 Å². The van der Waals surface area contributed by atoms with Gasteiger partial charge in [-0.05, 0) is 12.5 Å². The molecule has 0 aliphatic carbocycles. The zero-order valence-corrected chi connectivity index (χ0v) is 8.76. The number of carbonyl (C=O) groups is 1. The van der Waals surface area contributed by atoms with E-state index in [4.69, 9.17) is 9.15 Å². The fraction of sp³-hybridized carbons (Fsp3) is 0.444. The summed E-state index contributed by atoms with van der Waals surface area (Å²) in [7, 11) is 1.57. The maximum atomic E-state index is 11.4. The standard InChI is InChI=1S/C9H12N2O5/c1-15-6-2-5-10-9(12)7-3-4-8(16-7)11(13)14/h3-4H,2,5-6H2,1H3,(H,10,12). The minimum Gasteiger partial charge on any atom is -0.395 e. The van der Waals surface area contributed by atoms with Crippen LogP contribution in [0, 0.1) is 10.1 Å². The van der Waals surface area contributed by atoms with E-state index in [1.54, 1.807) is 7.11 Å². The van der Waals surface area contributed by atoms with E-state index < -0.39 is 16.7 Å². The van der Waals surface area contributed by atoms with E-state index in [0.29, 0.717) is 19.6 Å². The fourth-order valence-electron chi connectivity index (χ4n) is 1.05. The topological polar surface area (TPSA) is 94.6 Å². The maximum Gasteiger partial charge on any atom is 0.433 e. The van der Waals surface area contributed by atoms with Crippen LogP contribution in [0.5, 0.6) is 0 Å². The second kappa shape index (κ2) is 5.86. The minimum atomic E-state index is -0.693. The summed E-state index contributed by atoms with van der Waals surface area (Å²) in [5.74, 6) is -0.977. The van der Waals surface area contributed by atoms with Gasteiger partial charge >= 0.3 is 5.88 Å². The van der Waals surface area contributed by atoms with Gasteiger partial charge in [0.15, 0.2) is 5.76 Å². The van der Waals surface area contributed by atoms with Crippen LogP contribution >= 0.6 is 0 Å². The molecule has 1 amide bonds. The normalized spacial score (nSPS) is 10.1. The second-order valence-electron chi connectivity index (χ2n) is 3.00. The first kappa shape index (κ1) is 12.2. The van der Waals surface area contributed by atoms with E-state index >= 15 is 0 Å². The number of methoxy groups -OCH3 is 1. The van der Waals surface area contributed by atoms with E-state index in [9.17, 15) is 14.9 Å². The third kappa shape index (κ3) is 3.35. The number of carbonyl (C=O) groups excluding carboxylic acids is 1. The lowest BCUT2D eigenvalue weighted by Crippen LogP contribution is -2.24. The Balaban J connectivity index is 2.43. The van der Waals surface area contributed by atoms with E-state index in [2.05, 4.69) is 5.32 Å². The summed E-state index contributed by atoms with van der Waals surface area (Å²) in [5, 5.41) is 12.9. The number of nitro groups is 1. The highest BCUT2D eigenvalue weighted by Crippen LogP contribution is 2.15. The minimum absolute atomic E-state index is 0.0656. The Bertz CT molecular complexity index is 374. The Kier molecular flexibility index (Phi) is 4.46. The van der Waals surface area contributed by atoms with Crippen LogP contribution in [0.15, 0.2) is 16.5 Å². The summed E-state index contributed by atoms with van der Waals surface area (Å²) in [6, 6.07) is 2.41. The molecule has 7 nitrogen and oxygen atoms in total. The molecule has 1 rings (SSSR count). The Morgan fingerprint density at radius 3 is 2.94 bits per heavy atom. The fourth-order valence-corrected chi connectivity index (χ4v) is 1.05. The van der Waals surface area contributed by atoms with Crippen LogP contribution in [-0.2, 0) is 4.74 Å². The predicted octanol–water partition coefficient (Wildman–Crippen LogP) is 0.954. The van der Waals surface area contributed by atoms with Crippen molar-refractivity contribution >= 4 is 11.8 Å². The molecule has 1 N–H and O–H groups in total. The van der Waals surface area contributed by atoms with Crippen LogP contribution in [-0.4, -0.2) is 31.1 Å². The van der Waals surface area contributed by atoms with Gasteiger partial charge in [-0.25, -0.2) is 0 Å². The van der Waals surface area contributed by atoms with E-state index in [1.807, 2.05) is 0 Å². The highest BCUT2D eigenvalue weighted by molar-refractivity contribution is 5.91. The summed E-state index contributed by atoms with van der Waals surface area (Å²) >= 11 is 0. The predicted molar refractivity (Wildman–Crippen MR) is 54.2 cm³/mol. The third-order valence-corrected chi connectivity index (χ3v) is 1.81. The molecule has 0 saturated heterocycles. The van der Waals surface area contributed by atoms with Crippen LogP contribution < -0.4 is 5.32 Å². The van der Waals surface area contributed by atoms with Gasteiger partial charge in [0, 0.05) is 20.3 Å². The number of ether oxygens (including phenoxy) is 1. The van der Waals surface area contributed by atoms with Gasteiger partial charge in [0.05, 0.1) is 6.07 Å². The van der Waals surface area contributed by atoms with Crippen molar-refractivity contribution in [1.82, 2.24) is 5.32 Å². The number of hydrogen-bond acceptors (Lipinski definition) is 5. The van der Waals surface area contributed by atoms with Gasteiger partial charge in [-0.2, -0.15) is 0 Å². The molecule has 0 aliphatic heterocycles. The van der Waals surface area contributed by atoms with Crippen LogP contribution in [0.2, 0.25) is 0 Å². The number of hydrogen-bond donors (Lipinski definition) is 1. The quantitative estimate of drug-likeness (QED) is 0.444. The molecular formula is C9H12N2O5. The van der Waals surface area contributed by atoms with Crippen LogP contribution in [0.4, 0.5) is 5.88 Å². The molecule has 0 radical (unpaired) electrons. The Morgan fingerprint density at radius 1 is 1.62 bits per heavy atom. The first-order chi connectivity index (χ1) is 7.65. The molecule has 0 spiro atoms. The van der Waals surface area contributed by atoms with Gasteiger partial charge in [0.1, 0.15) is 4.92 Å². The average Bonchev–Trinajstić information content (AvgIpc) is 2.73. The Morgan fingerprint density at radius 2 is 2.38 bits per heavy atom. The summed E-state index contributed by atoms with van der Waals surface area (Å²) in [6.07, 6.45) is 0.672. The Labute approximate surface area is 91.5 Å². The molecule has 0 aromatic carbocycles. The summed E-state index contributed by atoms with van der Waals surface area (Å²) in [5.41, 5.74) is 0. The second-order valence-corrected chi connectivity index (χ2v) is 3.00. The van der Waals surface area contributed by atoms with Crippen molar-refractivity contribution in [3.05, 3.63) is 28.0 Å². The molecular weight excluding hydrogens is 216 g/mol. The molecule has 1 aromatic heterocycles. The molecule has 7 heteroatoms. The highest BCUT2D eigenvalue weighted by Gasteiger charge is 2.16. The SMILES string of the molecule is COCCCNC(=O)c1ccc([N+](=O)[O-])o1. The molecule has 1 heterocycles. The van der Waals surface area contributed by atoms with Gasteiger partial charge in [-0.3, -0.25) is 14.9 Å². The van der Waals surface area contributed by atoms with Crippen molar-refractivity contribution in [3.8, 4) is 0 Å². The Hall–Kier alpha value is -1.89. The third-order valence-electron chi connectivity index (χ3n) is 1.81. The summed E-state index contributed by atoms with van der Waals surface area (Å²) in [4.78, 5) is 21.0. The monoisotopic (exact) mass is 228 g/mol. The zero-order valence-electron chi connectivity index (χ0n) is 8.76. The first-order valence-corrected chi connectivity index (χ1v) is 4.66. The zero-order chi connectivity index (χ0) is 12.0. The molecule has 0 atom stereocenters. The van der Waals surface area contributed by atoms with Crippen molar-refractivity contribution in [1.29, 1.82) is 0 Å². The lowest BCUT2D eigenvalue weighted by Gasteiger charge is -2.01. The van der Waals surface area contributed by atoms with Crippen LogP contribution in [0.1, 0.15) is 17.0 Å². The van der Waals surface area contributed by atoms with Crippen molar-refractivity contribution in [2.24, 2.45) is 0 Å². The molecule has 88 valence electrons. The van der Waals surface area contributed by atoms with Gasteiger partial charge < -0.3 is 14.5 Å². The van der Waals surface area contributed by atoms with Gasteiger partial charge in [0.2, 0.25) is 0 Å². The number of nitrogens with zero attached hydrogens (tertiary/aromatic N) is 1. The van der Waals surface area contributed by atoms with Gasteiger partial charge in [0.25, 0.3) is 5.91 Å². The number of nitrogens with one attached hydrogen (secondary N) is 1. The molecule has 16 heavy (non-hydrogen) atoms. The molecule has 0 bridgehead atoms. The lowest BCUT2D eigenvalue weighted by atomic mass is 10.4. The molecule has 0 fully saturated rings. The summed E-state index contributed by atoms with van der Waals surface area (Å²) < 4.78 is 9.52. The number of rotatable bonds is 6. The maximum absolute atomic E-state index is 11.4. The van der Waals surface area contributed by atoms with Gasteiger partial charge in [-0.15, -0.1) is 0 Å². The molecule has 0 saturated carbocycles. The smallest absolute Gasteiger partial charge is 0.395 e. The largest absolute Gasteiger partial charge is 0.433 e. The van der Waals surface area contributed by atoms with Crippen molar-refractivity contribution in [3.63, 3.8) is 0 Å². The van der Waals surface area contributed by atoms with E-state index in [1.165, 1.54) is 6.07 Å². The van der Waals surface area contributed by atoms with Gasteiger partial charge in [-0.1, -0.05) is 0 Å². The number of amides is 1. The summed E-state index contributed by atoms with van der Waals surface area (Å²) in [6.45, 7) is 0.972. The van der Waals surface area contributed by atoms with Crippen LogP contribution in [0.3, 0.4) is 0 Å². The van der Waals surface area contributed by atoms with Crippen molar-refractivity contribution < 1.29 is 18.9 Å². The number of furan rings is 1. The molecule has 0 aliphatic rings. The van der Waals surface area contributed by atoms with Crippen LogP contribution in [0.25, 0.3) is 0 Å². The van der Waals surface area contributed by atoms with Crippen molar-refractivity contribution in [2.45, 2.75) is 6.42 Å². The average molecular weight is 228 g/mol. The van der Waals surface area contributed by atoms with Crippen molar-refractivity contribution in [2.75, 3.05) is 20.3 Å². The lowest BCUT2D eigenvalue weighted by molar-refractivity contribution is -0.402. The molecule has 1 aromatic rings.